The Kier molecular flexibility index (Phi) is 3.39. The van der Waals surface area contributed by atoms with E-state index in [-0.39, 0.29) is 17.9 Å². The third-order valence-corrected chi connectivity index (χ3v) is 4.73. The number of para-hydroxylation sites is 1. The van der Waals surface area contributed by atoms with Crippen molar-refractivity contribution in [2.24, 2.45) is 5.92 Å². The van der Waals surface area contributed by atoms with Gasteiger partial charge >= 0.3 is 0 Å². The molecule has 4 rings (SSSR count). The zero-order chi connectivity index (χ0) is 16.8. The second-order valence-electron chi connectivity index (χ2n) is 6.37. The summed E-state index contributed by atoms with van der Waals surface area (Å²) in [6.45, 7) is 4.00. The molecule has 2 heterocycles. The lowest BCUT2D eigenvalue weighted by Crippen LogP contribution is -2.33. The summed E-state index contributed by atoms with van der Waals surface area (Å²) in [4.78, 5) is 30.3. The summed E-state index contributed by atoms with van der Waals surface area (Å²) in [5, 5.41) is 4.12. The fourth-order valence-electron chi connectivity index (χ4n) is 3.46. The van der Waals surface area contributed by atoms with Crippen LogP contribution in [-0.2, 0) is 14.4 Å². The lowest BCUT2D eigenvalue weighted by Gasteiger charge is -2.28. The van der Waals surface area contributed by atoms with Gasteiger partial charge in [-0.3, -0.25) is 19.7 Å². The summed E-state index contributed by atoms with van der Waals surface area (Å²) >= 11 is 0. The molecule has 24 heavy (non-hydrogen) atoms. The average molecular weight is 322 g/mol. The number of aryl methyl sites for hydroxylation is 2. The fraction of sp³-hybridized carbons (Fsp3) is 0.263. The van der Waals surface area contributed by atoms with Gasteiger partial charge < -0.3 is 0 Å². The van der Waals surface area contributed by atoms with Crippen molar-refractivity contribution in [3.05, 3.63) is 65.2 Å². The molecule has 2 amide bonds. The minimum Gasteiger partial charge on any atom is -0.294 e. The van der Waals surface area contributed by atoms with Gasteiger partial charge in [-0.05, 0) is 31.0 Å². The highest BCUT2D eigenvalue weighted by atomic mass is 16.7. The van der Waals surface area contributed by atoms with E-state index in [1.807, 2.05) is 62.4 Å². The minimum absolute atomic E-state index is 0.272. The molecule has 2 aliphatic heterocycles. The Bertz CT molecular complexity index is 816. The first kappa shape index (κ1) is 14.9. The number of imide groups is 1. The molecule has 122 valence electrons. The highest BCUT2D eigenvalue weighted by Crippen LogP contribution is 2.45. The maximum absolute atomic E-state index is 12.3. The van der Waals surface area contributed by atoms with Crippen LogP contribution in [0.1, 0.15) is 22.7 Å². The SMILES string of the molecule is Cc1ccc([C@H]2[C@H]3C(=O)NC(=O)[C@H]3ON2c2ccccc2C)cc1. The van der Waals surface area contributed by atoms with E-state index in [1.54, 1.807) is 5.06 Å². The Labute approximate surface area is 140 Å². The first-order valence-electron chi connectivity index (χ1n) is 7.99. The highest BCUT2D eigenvalue weighted by Gasteiger charge is 2.56. The van der Waals surface area contributed by atoms with E-state index >= 15 is 0 Å². The van der Waals surface area contributed by atoms with Crippen LogP contribution in [0.4, 0.5) is 5.69 Å². The van der Waals surface area contributed by atoms with Crippen molar-refractivity contribution in [1.82, 2.24) is 5.32 Å². The number of rotatable bonds is 2. The Morgan fingerprint density at radius 2 is 1.67 bits per heavy atom. The molecule has 0 saturated carbocycles. The third-order valence-electron chi connectivity index (χ3n) is 4.73. The molecule has 2 aromatic carbocycles. The van der Waals surface area contributed by atoms with Crippen molar-refractivity contribution in [2.75, 3.05) is 5.06 Å². The van der Waals surface area contributed by atoms with Crippen molar-refractivity contribution >= 4 is 17.5 Å². The van der Waals surface area contributed by atoms with E-state index in [4.69, 9.17) is 4.84 Å². The molecular formula is C19H18N2O3. The predicted molar refractivity (Wildman–Crippen MR) is 89.1 cm³/mol. The number of carbonyl (C=O) groups excluding carboxylic acids is 2. The van der Waals surface area contributed by atoms with Gasteiger partial charge in [-0.2, -0.15) is 0 Å². The fourth-order valence-corrected chi connectivity index (χ4v) is 3.46. The molecule has 0 aromatic heterocycles. The van der Waals surface area contributed by atoms with E-state index in [2.05, 4.69) is 5.32 Å². The number of benzene rings is 2. The topological polar surface area (TPSA) is 58.6 Å². The van der Waals surface area contributed by atoms with Crippen LogP contribution in [0, 0.1) is 19.8 Å². The van der Waals surface area contributed by atoms with E-state index < -0.39 is 12.0 Å². The van der Waals surface area contributed by atoms with Crippen LogP contribution in [0.3, 0.4) is 0 Å². The van der Waals surface area contributed by atoms with Crippen molar-refractivity contribution in [2.45, 2.75) is 26.0 Å². The number of hydrogen-bond donors (Lipinski definition) is 1. The number of carbonyl (C=O) groups is 2. The number of nitrogens with zero attached hydrogens (tertiary/aromatic N) is 1. The normalized spacial score (nSPS) is 25.8. The van der Waals surface area contributed by atoms with Crippen molar-refractivity contribution in [3.8, 4) is 0 Å². The summed E-state index contributed by atoms with van der Waals surface area (Å²) in [6.07, 6.45) is -0.775. The number of nitrogens with one attached hydrogen (secondary N) is 1. The molecule has 5 nitrogen and oxygen atoms in total. The molecule has 2 aliphatic rings. The Hall–Kier alpha value is -2.66. The van der Waals surface area contributed by atoms with Crippen LogP contribution >= 0.6 is 0 Å². The Morgan fingerprint density at radius 3 is 2.38 bits per heavy atom. The van der Waals surface area contributed by atoms with Gasteiger partial charge in [-0.25, -0.2) is 5.06 Å². The molecule has 0 aliphatic carbocycles. The minimum atomic E-state index is -0.775. The average Bonchev–Trinajstić information content (AvgIpc) is 3.08. The summed E-state index contributed by atoms with van der Waals surface area (Å²) in [5.41, 5.74) is 4.00. The lowest BCUT2D eigenvalue weighted by atomic mass is 9.90. The maximum Gasteiger partial charge on any atom is 0.259 e. The zero-order valence-electron chi connectivity index (χ0n) is 13.5. The van der Waals surface area contributed by atoms with Gasteiger partial charge in [-0.1, -0.05) is 48.0 Å². The van der Waals surface area contributed by atoms with Crippen LogP contribution in [0.25, 0.3) is 0 Å². The monoisotopic (exact) mass is 322 g/mol. The molecule has 3 atom stereocenters. The summed E-state index contributed by atoms with van der Waals surface area (Å²) in [6, 6.07) is 15.5. The molecule has 1 N–H and O–H groups in total. The van der Waals surface area contributed by atoms with Gasteiger partial charge in [0, 0.05) is 0 Å². The molecule has 5 heteroatoms. The van der Waals surface area contributed by atoms with E-state index in [1.165, 1.54) is 0 Å². The van der Waals surface area contributed by atoms with Gasteiger partial charge in [0.1, 0.15) is 5.92 Å². The van der Waals surface area contributed by atoms with E-state index in [0.29, 0.717) is 0 Å². The summed E-state index contributed by atoms with van der Waals surface area (Å²) < 4.78 is 0. The second-order valence-corrected chi connectivity index (χ2v) is 6.37. The molecule has 0 bridgehead atoms. The third kappa shape index (κ3) is 2.20. The number of amides is 2. The van der Waals surface area contributed by atoms with Gasteiger partial charge in [0.05, 0.1) is 11.7 Å². The molecular weight excluding hydrogens is 304 g/mol. The Balaban J connectivity index is 1.83. The molecule has 0 radical (unpaired) electrons. The first-order chi connectivity index (χ1) is 11.6. The van der Waals surface area contributed by atoms with E-state index in [9.17, 15) is 9.59 Å². The molecule has 0 unspecified atom stereocenters. The maximum atomic E-state index is 12.3. The summed E-state index contributed by atoms with van der Waals surface area (Å²) in [7, 11) is 0. The lowest BCUT2D eigenvalue weighted by molar-refractivity contribution is -0.129. The molecule has 0 spiro atoms. The van der Waals surface area contributed by atoms with Crippen LogP contribution < -0.4 is 10.4 Å². The molecule has 2 aromatic rings. The van der Waals surface area contributed by atoms with Crippen molar-refractivity contribution < 1.29 is 14.4 Å². The smallest absolute Gasteiger partial charge is 0.259 e. The van der Waals surface area contributed by atoms with E-state index in [0.717, 1.165) is 22.4 Å². The summed E-state index contributed by atoms with van der Waals surface area (Å²) in [5.74, 6) is -1.18. The quantitative estimate of drug-likeness (QED) is 0.863. The number of anilines is 1. The van der Waals surface area contributed by atoms with Crippen LogP contribution in [0.5, 0.6) is 0 Å². The van der Waals surface area contributed by atoms with Gasteiger partial charge in [0.15, 0.2) is 6.10 Å². The van der Waals surface area contributed by atoms with Gasteiger partial charge in [0.25, 0.3) is 5.91 Å². The first-order valence-corrected chi connectivity index (χ1v) is 7.99. The largest absolute Gasteiger partial charge is 0.294 e. The zero-order valence-corrected chi connectivity index (χ0v) is 13.5. The number of fused-ring (bicyclic) bond motifs is 1. The van der Waals surface area contributed by atoms with Crippen LogP contribution in [-0.4, -0.2) is 17.9 Å². The number of hydroxylamine groups is 1. The number of hydrogen-bond acceptors (Lipinski definition) is 4. The predicted octanol–water partition coefficient (Wildman–Crippen LogP) is 2.44. The molecule has 2 fully saturated rings. The van der Waals surface area contributed by atoms with Gasteiger partial charge in [0.2, 0.25) is 5.91 Å². The van der Waals surface area contributed by atoms with Gasteiger partial charge in [-0.15, -0.1) is 0 Å². The Morgan fingerprint density at radius 1 is 0.958 bits per heavy atom. The van der Waals surface area contributed by atoms with Crippen molar-refractivity contribution in [1.29, 1.82) is 0 Å². The van der Waals surface area contributed by atoms with Crippen molar-refractivity contribution in [3.63, 3.8) is 0 Å². The second kappa shape index (κ2) is 5.46. The van der Waals surface area contributed by atoms with Crippen LogP contribution in [0.2, 0.25) is 0 Å². The highest BCUT2D eigenvalue weighted by molar-refractivity contribution is 6.07. The van der Waals surface area contributed by atoms with Crippen LogP contribution in [0.15, 0.2) is 48.5 Å². The standard InChI is InChI=1S/C19H18N2O3/c1-11-7-9-13(10-8-11)16-15-17(19(23)20-18(15)22)24-21(16)14-6-4-3-5-12(14)2/h3-10,15-17H,1-2H3,(H,20,22,23)/t15-,16+,17+/m1/s1. The molecule has 2 saturated heterocycles.